The van der Waals surface area contributed by atoms with Gasteiger partial charge in [-0.15, -0.1) is 0 Å². The van der Waals surface area contributed by atoms with E-state index >= 15 is 0 Å². The number of anilines is 1. The van der Waals surface area contributed by atoms with Gasteiger partial charge in [-0.3, -0.25) is 4.79 Å². The van der Waals surface area contributed by atoms with Crippen molar-refractivity contribution in [1.29, 1.82) is 0 Å². The molecule has 0 radical (unpaired) electrons. The predicted octanol–water partition coefficient (Wildman–Crippen LogP) is 1.83. The van der Waals surface area contributed by atoms with Gasteiger partial charge in [0.1, 0.15) is 17.7 Å². The molecule has 94 valence electrons. The minimum absolute atomic E-state index is 0.193. The monoisotopic (exact) mass is 244 g/mol. The Labute approximate surface area is 97.9 Å². The average molecular weight is 244 g/mol. The SMILES string of the molecule is CCOC(=O)C(C)NNc1cc(F)cc(F)c1. The van der Waals surface area contributed by atoms with Crippen molar-refractivity contribution in [2.75, 3.05) is 12.0 Å². The van der Waals surface area contributed by atoms with Gasteiger partial charge in [-0.2, -0.15) is 0 Å². The van der Waals surface area contributed by atoms with Gasteiger partial charge in [0.15, 0.2) is 0 Å². The van der Waals surface area contributed by atoms with Gasteiger partial charge in [-0.05, 0) is 26.0 Å². The van der Waals surface area contributed by atoms with E-state index < -0.39 is 23.6 Å². The van der Waals surface area contributed by atoms with Crippen molar-refractivity contribution in [2.24, 2.45) is 0 Å². The Morgan fingerprint density at radius 3 is 2.47 bits per heavy atom. The smallest absolute Gasteiger partial charge is 0.324 e. The maximum absolute atomic E-state index is 12.8. The minimum Gasteiger partial charge on any atom is -0.465 e. The van der Waals surface area contributed by atoms with Gasteiger partial charge in [-0.25, -0.2) is 14.2 Å². The van der Waals surface area contributed by atoms with Crippen LogP contribution in [0.2, 0.25) is 0 Å². The van der Waals surface area contributed by atoms with Crippen molar-refractivity contribution >= 4 is 11.7 Å². The third-order valence-electron chi connectivity index (χ3n) is 1.94. The van der Waals surface area contributed by atoms with Crippen LogP contribution in [0.25, 0.3) is 0 Å². The first-order valence-corrected chi connectivity index (χ1v) is 5.17. The van der Waals surface area contributed by atoms with Crippen LogP contribution in [0.4, 0.5) is 14.5 Å². The molecule has 1 rings (SSSR count). The maximum atomic E-state index is 12.8. The lowest BCUT2D eigenvalue weighted by Crippen LogP contribution is -2.39. The molecule has 1 unspecified atom stereocenters. The van der Waals surface area contributed by atoms with Gasteiger partial charge >= 0.3 is 5.97 Å². The molecule has 1 aromatic rings. The number of carbonyl (C=O) groups is 1. The summed E-state index contributed by atoms with van der Waals surface area (Å²) in [5, 5.41) is 0. The molecular formula is C11H14F2N2O2. The highest BCUT2D eigenvalue weighted by atomic mass is 19.1. The summed E-state index contributed by atoms with van der Waals surface area (Å²) in [4.78, 5) is 11.2. The second-order valence-corrected chi connectivity index (χ2v) is 3.40. The molecule has 0 aliphatic heterocycles. The van der Waals surface area contributed by atoms with Crippen molar-refractivity contribution in [3.05, 3.63) is 29.8 Å². The van der Waals surface area contributed by atoms with Gasteiger partial charge in [0.25, 0.3) is 0 Å². The molecule has 0 aliphatic rings. The van der Waals surface area contributed by atoms with Gasteiger partial charge in [0.05, 0.1) is 12.3 Å². The van der Waals surface area contributed by atoms with E-state index in [9.17, 15) is 13.6 Å². The maximum Gasteiger partial charge on any atom is 0.324 e. The molecule has 0 bridgehead atoms. The van der Waals surface area contributed by atoms with Crippen LogP contribution in [0.3, 0.4) is 0 Å². The quantitative estimate of drug-likeness (QED) is 0.613. The summed E-state index contributed by atoms with van der Waals surface area (Å²) < 4.78 is 30.4. The number of esters is 1. The highest BCUT2D eigenvalue weighted by molar-refractivity contribution is 5.75. The van der Waals surface area contributed by atoms with Crippen molar-refractivity contribution in [2.45, 2.75) is 19.9 Å². The first-order chi connectivity index (χ1) is 8.02. The van der Waals surface area contributed by atoms with Crippen molar-refractivity contribution < 1.29 is 18.3 Å². The highest BCUT2D eigenvalue weighted by Crippen LogP contribution is 2.11. The average Bonchev–Trinajstić information content (AvgIpc) is 2.25. The number of benzene rings is 1. The largest absolute Gasteiger partial charge is 0.465 e. The van der Waals surface area contributed by atoms with Crippen molar-refractivity contribution in [1.82, 2.24) is 5.43 Å². The van der Waals surface area contributed by atoms with Gasteiger partial charge < -0.3 is 10.2 Å². The van der Waals surface area contributed by atoms with Gasteiger partial charge in [0.2, 0.25) is 0 Å². The lowest BCUT2D eigenvalue weighted by Gasteiger charge is -2.14. The molecule has 1 atom stereocenters. The second kappa shape index (κ2) is 6.15. The molecule has 4 nitrogen and oxygen atoms in total. The van der Waals surface area contributed by atoms with Crippen LogP contribution in [-0.2, 0) is 9.53 Å². The number of nitrogens with one attached hydrogen (secondary N) is 2. The third kappa shape index (κ3) is 4.36. The molecule has 0 saturated heterocycles. The van der Waals surface area contributed by atoms with E-state index in [2.05, 4.69) is 10.9 Å². The molecule has 0 heterocycles. The molecule has 1 aromatic carbocycles. The predicted molar refractivity (Wildman–Crippen MR) is 59.2 cm³/mol. The minimum atomic E-state index is -0.696. The Balaban J connectivity index is 2.52. The number of ether oxygens (including phenoxy) is 1. The molecule has 0 fully saturated rings. The zero-order valence-electron chi connectivity index (χ0n) is 9.59. The third-order valence-corrected chi connectivity index (χ3v) is 1.94. The lowest BCUT2D eigenvalue weighted by molar-refractivity contribution is -0.144. The summed E-state index contributed by atoms with van der Waals surface area (Å²) in [6, 6.07) is 2.35. The van der Waals surface area contributed by atoms with Gasteiger partial charge in [-0.1, -0.05) is 0 Å². The first-order valence-electron chi connectivity index (χ1n) is 5.17. The summed E-state index contributed by atoms with van der Waals surface area (Å²) in [5.74, 6) is -1.84. The normalized spacial score (nSPS) is 12.0. The molecule has 0 amide bonds. The van der Waals surface area contributed by atoms with Crippen LogP contribution >= 0.6 is 0 Å². The molecule has 0 spiro atoms. The number of hydrazine groups is 1. The molecule has 2 N–H and O–H groups in total. The Morgan fingerprint density at radius 1 is 1.35 bits per heavy atom. The van der Waals surface area contributed by atoms with E-state index in [1.165, 1.54) is 0 Å². The van der Waals surface area contributed by atoms with Crippen LogP contribution in [0.5, 0.6) is 0 Å². The second-order valence-electron chi connectivity index (χ2n) is 3.40. The van der Waals surface area contributed by atoms with E-state index in [1.807, 2.05) is 0 Å². The fourth-order valence-corrected chi connectivity index (χ4v) is 1.14. The summed E-state index contributed by atoms with van der Waals surface area (Å²) in [5.41, 5.74) is 5.31. The van der Waals surface area contributed by atoms with Crippen molar-refractivity contribution in [3.63, 3.8) is 0 Å². The Hall–Kier alpha value is -1.69. The van der Waals surface area contributed by atoms with Crippen LogP contribution in [0.1, 0.15) is 13.8 Å². The topological polar surface area (TPSA) is 50.4 Å². The van der Waals surface area contributed by atoms with Crippen LogP contribution in [-0.4, -0.2) is 18.6 Å². The van der Waals surface area contributed by atoms with Crippen LogP contribution < -0.4 is 10.9 Å². The molecule has 0 aliphatic carbocycles. The zero-order valence-corrected chi connectivity index (χ0v) is 9.59. The van der Waals surface area contributed by atoms with E-state index in [-0.39, 0.29) is 12.3 Å². The molecule has 6 heteroatoms. The fourth-order valence-electron chi connectivity index (χ4n) is 1.14. The summed E-state index contributed by atoms with van der Waals surface area (Å²) in [6.07, 6.45) is 0. The number of carbonyl (C=O) groups excluding carboxylic acids is 1. The molecule has 17 heavy (non-hydrogen) atoms. The number of hydrogen-bond acceptors (Lipinski definition) is 4. The Morgan fingerprint density at radius 2 is 1.94 bits per heavy atom. The van der Waals surface area contributed by atoms with Gasteiger partial charge in [0, 0.05) is 6.07 Å². The first kappa shape index (κ1) is 13.4. The molecule has 0 saturated carbocycles. The Bertz CT molecular complexity index is 379. The summed E-state index contributed by atoms with van der Waals surface area (Å²) >= 11 is 0. The van der Waals surface area contributed by atoms with E-state index in [0.29, 0.717) is 0 Å². The number of halogens is 2. The van der Waals surface area contributed by atoms with Crippen molar-refractivity contribution in [3.8, 4) is 0 Å². The van der Waals surface area contributed by atoms with E-state index in [4.69, 9.17) is 4.74 Å². The van der Waals surface area contributed by atoms with Crippen LogP contribution in [0, 0.1) is 11.6 Å². The van der Waals surface area contributed by atoms with E-state index in [1.54, 1.807) is 13.8 Å². The highest BCUT2D eigenvalue weighted by Gasteiger charge is 2.12. The number of rotatable bonds is 5. The standard InChI is InChI=1S/C11H14F2N2O2/c1-3-17-11(16)7(2)14-15-10-5-8(12)4-9(13)6-10/h4-7,14-15H,3H2,1-2H3. The van der Waals surface area contributed by atoms with E-state index in [0.717, 1.165) is 18.2 Å². The lowest BCUT2D eigenvalue weighted by atomic mass is 10.3. The van der Waals surface area contributed by atoms with Crippen LogP contribution in [0.15, 0.2) is 18.2 Å². The summed E-state index contributed by atoms with van der Waals surface area (Å²) in [7, 11) is 0. The summed E-state index contributed by atoms with van der Waals surface area (Å²) in [6.45, 7) is 3.54. The molecule has 0 aromatic heterocycles. The number of hydrogen-bond donors (Lipinski definition) is 2. The fraction of sp³-hybridized carbons (Fsp3) is 0.364. The Kier molecular flexibility index (Phi) is 4.84. The zero-order chi connectivity index (χ0) is 12.8. The molecular weight excluding hydrogens is 230 g/mol.